The topological polar surface area (TPSA) is 100 Å². The number of amides is 2. The number of aliphatic imine (C=N–C) groups is 1. The van der Waals surface area contributed by atoms with Crippen molar-refractivity contribution in [1.29, 1.82) is 0 Å². The van der Waals surface area contributed by atoms with Gasteiger partial charge in [0, 0.05) is 46.6 Å². The summed E-state index contributed by atoms with van der Waals surface area (Å²) in [5, 5.41) is 13.1. The van der Waals surface area contributed by atoms with E-state index in [9.17, 15) is 9.59 Å². The number of aromatic nitrogens is 2. The highest BCUT2D eigenvalue weighted by Gasteiger charge is 2.12. The molecule has 0 atom stereocenters. The minimum absolute atomic E-state index is 0.170. The number of carbonyl (C=O) groups is 2. The van der Waals surface area contributed by atoms with Crippen molar-refractivity contribution in [3.05, 3.63) is 75.5 Å². The predicted molar refractivity (Wildman–Crippen MR) is 130 cm³/mol. The molecule has 8 nitrogen and oxygen atoms in total. The van der Waals surface area contributed by atoms with E-state index in [0.29, 0.717) is 23.8 Å². The summed E-state index contributed by atoms with van der Waals surface area (Å²) in [6.45, 7) is 5.73. The fourth-order valence-electron chi connectivity index (χ4n) is 3.07. The fraction of sp³-hybridized carbons (Fsp3) is 0.217. The van der Waals surface area contributed by atoms with E-state index in [2.05, 4.69) is 42.0 Å². The second-order valence-electron chi connectivity index (χ2n) is 7.28. The molecule has 2 aromatic carbocycles. The van der Waals surface area contributed by atoms with Crippen molar-refractivity contribution in [1.82, 2.24) is 15.1 Å². The molecule has 0 unspecified atom stereocenters. The number of hydrogen-bond acceptors (Lipinski definition) is 4. The Kier molecular flexibility index (Phi) is 7.42. The fourth-order valence-corrected chi connectivity index (χ4v) is 3.34. The Hall–Kier alpha value is -3.46. The number of guanidine groups is 1. The number of rotatable bonds is 5. The van der Waals surface area contributed by atoms with E-state index in [4.69, 9.17) is 0 Å². The molecule has 1 aromatic heterocycles. The van der Waals surface area contributed by atoms with Crippen LogP contribution in [0.15, 0.2) is 58.0 Å². The highest BCUT2D eigenvalue weighted by molar-refractivity contribution is 9.10. The molecule has 9 heteroatoms. The maximum atomic E-state index is 12.8. The van der Waals surface area contributed by atoms with Gasteiger partial charge in [-0.1, -0.05) is 15.9 Å². The van der Waals surface area contributed by atoms with Gasteiger partial charge in [-0.3, -0.25) is 19.6 Å². The van der Waals surface area contributed by atoms with Crippen molar-refractivity contribution in [2.45, 2.75) is 27.3 Å². The Morgan fingerprint density at radius 2 is 1.59 bits per heavy atom. The number of aryl methyl sites for hydroxylation is 2. The Labute approximate surface area is 195 Å². The monoisotopic (exact) mass is 496 g/mol. The molecule has 0 aliphatic rings. The molecule has 0 aliphatic heterocycles. The third-order valence-electron chi connectivity index (χ3n) is 4.86. The van der Waals surface area contributed by atoms with Crippen LogP contribution < -0.4 is 16.0 Å². The standard InChI is InChI=1S/C23H25BrN6O2/c1-14-21(15(2)30(4)29-14)13-25-23(27-20-11-7-18(24)8-12-20)28-22(32)17-5-9-19(10-6-17)26-16(3)31/h5-12H,13H2,1-4H3,(H,26,31)(H2,25,27,28,32). The Morgan fingerprint density at radius 3 is 2.16 bits per heavy atom. The van der Waals surface area contributed by atoms with E-state index < -0.39 is 0 Å². The molecule has 0 saturated heterocycles. The summed E-state index contributed by atoms with van der Waals surface area (Å²) in [7, 11) is 1.89. The Morgan fingerprint density at radius 1 is 1.00 bits per heavy atom. The Balaban J connectivity index is 1.81. The third kappa shape index (κ3) is 6.04. The van der Waals surface area contributed by atoms with Crippen LogP contribution in [0.1, 0.15) is 34.2 Å². The van der Waals surface area contributed by atoms with Gasteiger partial charge in [0.15, 0.2) is 0 Å². The van der Waals surface area contributed by atoms with Crippen molar-refractivity contribution in [2.75, 3.05) is 10.6 Å². The third-order valence-corrected chi connectivity index (χ3v) is 5.39. The van der Waals surface area contributed by atoms with Crippen molar-refractivity contribution in [3.8, 4) is 0 Å². The first-order valence-electron chi connectivity index (χ1n) is 9.98. The van der Waals surface area contributed by atoms with Crippen molar-refractivity contribution in [3.63, 3.8) is 0 Å². The molecule has 3 aromatic rings. The van der Waals surface area contributed by atoms with Gasteiger partial charge in [-0.05, 0) is 62.4 Å². The summed E-state index contributed by atoms with van der Waals surface area (Å²) in [5.74, 6) is -0.162. The molecule has 166 valence electrons. The summed E-state index contributed by atoms with van der Waals surface area (Å²) in [6, 6.07) is 14.2. The van der Waals surface area contributed by atoms with Crippen LogP contribution in [0.3, 0.4) is 0 Å². The van der Waals surface area contributed by atoms with Crippen molar-refractivity contribution < 1.29 is 9.59 Å². The number of anilines is 2. The highest BCUT2D eigenvalue weighted by Crippen LogP contribution is 2.16. The molecular weight excluding hydrogens is 472 g/mol. The molecule has 3 N–H and O–H groups in total. The zero-order valence-corrected chi connectivity index (χ0v) is 19.9. The van der Waals surface area contributed by atoms with Gasteiger partial charge < -0.3 is 10.6 Å². The van der Waals surface area contributed by atoms with Crippen LogP contribution in [-0.2, 0) is 18.4 Å². The lowest BCUT2D eigenvalue weighted by molar-refractivity contribution is -0.114. The number of carbonyl (C=O) groups excluding carboxylic acids is 2. The average Bonchev–Trinajstić information content (AvgIpc) is 2.99. The van der Waals surface area contributed by atoms with Crippen LogP contribution >= 0.6 is 15.9 Å². The lowest BCUT2D eigenvalue weighted by Crippen LogP contribution is -2.36. The van der Waals surface area contributed by atoms with Gasteiger partial charge in [0.2, 0.25) is 11.9 Å². The maximum absolute atomic E-state index is 12.8. The summed E-state index contributed by atoms with van der Waals surface area (Å²) in [4.78, 5) is 28.6. The first-order chi connectivity index (χ1) is 15.2. The summed E-state index contributed by atoms with van der Waals surface area (Å²) < 4.78 is 2.77. The van der Waals surface area contributed by atoms with Gasteiger partial charge in [0.25, 0.3) is 5.91 Å². The minimum Gasteiger partial charge on any atom is -0.326 e. The van der Waals surface area contributed by atoms with Crippen LogP contribution in [0.5, 0.6) is 0 Å². The average molecular weight is 497 g/mol. The molecule has 3 rings (SSSR count). The minimum atomic E-state index is -0.317. The van der Waals surface area contributed by atoms with Crippen LogP contribution in [0, 0.1) is 13.8 Å². The van der Waals surface area contributed by atoms with Crippen LogP contribution in [0.25, 0.3) is 0 Å². The first kappa shape index (κ1) is 23.2. The second-order valence-corrected chi connectivity index (χ2v) is 8.20. The zero-order chi connectivity index (χ0) is 23.3. The van der Waals surface area contributed by atoms with Gasteiger partial charge in [-0.15, -0.1) is 0 Å². The van der Waals surface area contributed by atoms with Crippen molar-refractivity contribution >= 4 is 45.1 Å². The van der Waals surface area contributed by atoms with E-state index in [1.165, 1.54) is 6.92 Å². The summed E-state index contributed by atoms with van der Waals surface area (Å²) >= 11 is 3.42. The van der Waals surface area contributed by atoms with E-state index >= 15 is 0 Å². The van der Waals surface area contributed by atoms with E-state index in [1.807, 2.05) is 49.8 Å². The lowest BCUT2D eigenvalue weighted by Gasteiger charge is -2.12. The van der Waals surface area contributed by atoms with E-state index in [0.717, 1.165) is 27.1 Å². The largest absolute Gasteiger partial charge is 0.326 e. The van der Waals surface area contributed by atoms with Crippen LogP contribution in [0.4, 0.5) is 11.4 Å². The summed E-state index contributed by atoms with van der Waals surface area (Å²) in [6.07, 6.45) is 0. The molecule has 0 fully saturated rings. The predicted octanol–water partition coefficient (Wildman–Crippen LogP) is 4.16. The first-order valence-corrected chi connectivity index (χ1v) is 10.8. The Bertz CT molecular complexity index is 1150. The SMILES string of the molecule is CC(=O)Nc1ccc(C(=O)NC(=NCc2c(C)nn(C)c2C)Nc2ccc(Br)cc2)cc1. The van der Waals surface area contributed by atoms with Gasteiger partial charge in [-0.2, -0.15) is 5.10 Å². The van der Waals surface area contributed by atoms with Gasteiger partial charge in [-0.25, -0.2) is 4.99 Å². The molecule has 1 heterocycles. The van der Waals surface area contributed by atoms with Gasteiger partial charge in [0.1, 0.15) is 0 Å². The number of nitrogens with one attached hydrogen (secondary N) is 3. The normalized spacial score (nSPS) is 11.2. The number of hydrogen-bond donors (Lipinski definition) is 3. The molecule has 0 bridgehead atoms. The zero-order valence-electron chi connectivity index (χ0n) is 18.4. The quantitative estimate of drug-likeness (QED) is 0.364. The molecule has 0 saturated carbocycles. The number of nitrogens with zero attached hydrogens (tertiary/aromatic N) is 3. The van der Waals surface area contributed by atoms with Gasteiger partial charge in [0.05, 0.1) is 12.2 Å². The van der Waals surface area contributed by atoms with Crippen molar-refractivity contribution in [2.24, 2.45) is 12.0 Å². The second kappa shape index (κ2) is 10.2. The molecule has 32 heavy (non-hydrogen) atoms. The highest BCUT2D eigenvalue weighted by atomic mass is 79.9. The molecule has 0 aliphatic carbocycles. The maximum Gasteiger partial charge on any atom is 0.257 e. The lowest BCUT2D eigenvalue weighted by atomic mass is 10.2. The molecule has 0 radical (unpaired) electrons. The number of halogens is 1. The summed E-state index contributed by atoms with van der Waals surface area (Å²) in [5.41, 5.74) is 4.78. The smallest absolute Gasteiger partial charge is 0.257 e. The van der Waals surface area contributed by atoms with E-state index in [-0.39, 0.29) is 11.8 Å². The molecular formula is C23H25BrN6O2. The number of benzene rings is 2. The molecule has 0 spiro atoms. The van der Waals surface area contributed by atoms with E-state index in [1.54, 1.807) is 24.3 Å². The van der Waals surface area contributed by atoms with Gasteiger partial charge >= 0.3 is 0 Å². The van der Waals surface area contributed by atoms with Crippen LogP contribution in [-0.4, -0.2) is 27.6 Å². The van der Waals surface area contributed by atoms with Crippen LogP contribution in [0.2, 0.25) is 0 Å². The molecule has 2 amide bonds.